The fraction of sp³-hybridized carbons (Fsp3) is 0.368. The highest BCUT2D eigenvalue weighted by molar-refractivity contribution is 14.0. The monoisotopic (exact) mass is 505 g/mol. The average Bonchev–Trinajstić information content (AvgIpc) is 2.65. The third kappa shape index (κ3) is 7.83. The summed E-state index contributed by atoms with van der Waals surface area (Å²) in [5, 5.41) is 6.29. The number of nitrogens with zero attached hydrogens (tertiary/aromatic N) is 3. The third-order valence-corrected chi connectivity index (χ3v) is 3.67. The van der Waals surface area contributed by atoms with Crippen molar-refractivity contribution in [2.75, 3.05) is 25.5 Å². The molecule has 0 atom stereocenters. The molecular weight excluding hydrogens is 479 g/mol. The Morgan fingerprint density at radius 1 is 1.21 bits per heavy atom. The first-order valence-corrected chi connectivity index (χ1v) is 8.66. The second-order valence-corrected chi connectivity index (χ2v) is 5.95. The molecule has 2 N–H and O–H groups in total. The van der Waals surface area contributed by atoms with Crippen molar-refractivity contribution in [3.63, 3.8) is 0 Å². The minimum Gasteiger partial charge on any atom is -0.434 e. The molecule has 0 aliphatic carbocycles. The van der Waals surface area contributed by atoms with Gasteiger partial charge in [0.1, 0.15) is 11.6 Å². The van der Waals surface area contributed by atoms with E-state index in [4.69, 9.17) is 0 Å². The lowest BCUT2D eigenvalue weighted by molar-refractivity contribution is -0.0504. The summed E-state index contributed by atoms with van der Waals surface area (Å²) >= 11 is 0. The minimum atomic E-state index is -2.86. The van der Waals surface area contributed by atoms with Gasteiger partial charge in [-0.3, -0.25) is 0 Å². The van der Waals surface area contributed by atoms with E-state index in [1.54, 1.807) is 24.4 Å². The molecule has 0 fully saturated rings. The molecule has 6 nitrogen and oxygen atoms in total. The van der Waals surface area contributed by atoms with Crippen molar-refractivity contribution < 1.29 is 13.5 Å². The van der Waals surface area contributed by atoms with Gasteiger partial charge in [-0.15, -0.1) is 24.0 Å². The minimum absolute atomic E-state index is 0. The Hall–Kier alpha value is -2.17. The van der Waals surface area contributed by atoms with Gasteiger partial charge in [-0.05, 0) is 30.7 Å². The number of alkyl halides is 2. The molecule has 0 aliphatic heterocycles. The molecule has 0 saturated carbocycles. The van der Waals surface area contributed by atoms with Crippen molar-refractivity contribution in [3.8, 4) is 5.75 Å². The summed E-state index contributed by atoms with van der Waals surface area (Å²) in [5.41, 5.74) is 1.65. The number of nitrogens with one attached hydrogen (secondary N) is 2. The van der Waals surface area contributed by atoms with E-state index in [0.29, 0.717) is 31.2 Å². The molecule has 0 unspecified atom stereocenters. The number of halogens is 3. The van der Waals surface area contributed by atoms with Crippen molar-refractivity contribution in [2.45, 2.75) is 26.6 Å². The number of pyridine rings is 1. The van der Waals surface area contributed by atoms with Crippen LogP contribution in [0.1, 0.15) is 18.1 Å². The van der Waals surface area contributed by atoms with Crippen LogP contribution < -0.4 is 20.3 Å². The molecule has 1 aromatic heterocycles. The number of hydrogen-bond donors (Lipinski definition) is 2. The number of hydrogen-bond acceptors (Lipinski definition) is 4. The third-order valence-electron chi connectivity index (χ3n) is 3.67. The molecule has 1 aromatic carbocycles. The van der Waals surface area contributed by atoms with E-state index in [1.807, 2.05) is 38.1 Å². The van der Waals surface area contributed by atoms with Crippen LogP contribution in [0.5, 0.6) is 5.75 Å². The summed E-state index contributed by atoms with van der Waals surface area (Å²) in [6.45, 7) is 0.565. The fourth-order valence-electron chi connectivity index (χ4n) is 2.36. The maximum Gasteiger partial charge on any atom is 0.387 e. The lowest BCUT2D eigenvalue weighted by Gasteiger charge is -2.15. The van der Waals surface area contributed by atoms with Crippen molar-refractivity contribution in [1.82, 2.24) is 15.6 Å². The smallest absolute Gasteiger partial charge is 0.387 e. The van der Waals surface area contributed by atoms with Crippen molar-refractivity contribution in [3.05, 3.63) is 53.7 Å². The maximum absolute atomic E-state index is 12.5. The van der Waals surface area contributed by atoms with Crippen molar-refractivity contribution >= 4 is 35.8 Å². The van der Waals surface area contributed by atoms with E-state index < -0.39 is 6.61 Å². The highest BCUT2D eigenvalue weighted by atomic mass is 127. The Kier molecular flexibility index (Phi) is 10.5. The van der Waals surface area contributed by atoms with Crippen LogP contribution in [0.4, 0.5) is 14.6 Å². The second-order valence-electron chi connectivity index (χ2n) is 5.95. The standard InChI is InChI=1S/C19H25F2N5O.HI/c1-4-22-19(24-12-14-9-10-23-17(11-14)26(2)3)25-13-15-7-5-6-8-16(15)27-18(20)21;/h5-11,18H,4,12-13H2,1-3H3,(H2,22,24,25);1H. The molecule has 0 saturated heterocycles. The number of aromatic nitrogens is 1. The van der Waals surface area contributed by atoms with Crippen LogP contribution in [0, 0.1) is 0 Å². The first-order valence-electron chi connectivity index (χ1n) is 8.66. The van der Waals surface area contributed by atoms with Gasteiger partial charge in [0, 0.05) is 38.9 Å². The molecule has 0 spiro atoms. The molecule has 28 heavy (non-hydrogen) atoms. The number of guanidine groups is 1. The van der Waals surface area contributed by atoms with Gasteiger partial charge in [0.25, 0.3) is 0 Å². The number of aliphatic imine (C=N–C) groups is 1. The van der Waals surface area contributed by atoms with Gasteiger partial charge in [-0.25, -0.2) is 9.98 Å². The summed E-state index contributed by atoms with van der Waals surface area (Å²) in [4.78, 5) is 10.8. The Balaban J connectivity index is 0.00000392. The van der Waals surface area contributed by atoms with Crippen LogP contribution in [-0.2, 0) is 13.1 Å². The summed E-state index contributed by atoms with van der Waals surface area (Å²) < 4.78 is 29.6. The predicted molar refractivity (Wildman–Crippen MR) is 119 cm³/mol. The summed E-state index contributed by atoms with van der Waals surface area (Å²) in [7, 11) is 3.86. The maximum atomic E-state index is 12.5. The van der Waals surface area contributed by atoms with E-state index in [9.17, 15) is 8.78 Å². The molecule has 0 aliphatic rings. The van der Waals surface area contributed by atoms with Gasteiger partial charge in [0.2, 0.25) is 0 Å². The van der Waals surface area contributed by atoms with E-state index in [0.717, 1.165) is 11.4 Å². The Morgan fingerprint density at radius 3 is 2.64 bits per heavy atom. The summed E-state index contributed by atoms with van der Waals surface area (Å²) in [6.07, 6.45) is 1.75. The normalized spacial score (nSPS) is 11.0. The molecule has 9 heteroatoms. The zero-order valence-corrected chi connectivity index (χ0v) is 18.5. The zero-order chi connectivity index (χ0) is 19.6. The highest BCUT2D eigenvalue weighted by Gasteiger charge is 2.09. The second kappa shape index (κ2) is 12.3. The van der Waals surface area contributed by atoms with Gasteiger partial charge < -0.3 is 20.3 Å². The first-order chi connectivity index (χ1) is 13.0. The average molecular weight is 505 g/mol. The van der Waals surface area contributed by atoms with E-state index in [2.05, 4.69) is 25.3 Å². The van der Waals surface area contributed by atoms with Crippen LogP contribution in [0.15, 0.2) is 47.6 Å². The Bertz CT molecular complexity index is 759. The molecule has 0 radical (unpaired) electrons. The fourth-order valence-corrected chi connectivity index (χ4v) is 2.36. The predicted octanol–water partition coefficient (Wildman–Crippen LogP) is 3.62. The largest absolute Gasteiger partial charge is 0.434 e. The van der Waals surface area contributed by atoms with Gasteiger partial charge >= 0.3 is 6.61 Å². The number of ether oxygens (including phenoxy) is 1. The number of rotatable bonds is 8. The van der Waals surface area contributed by atoms with Crippen LogP contribution in [0.25, 0.3) is 0 Å². The number of para-hydroxylation sites is 1. The zero-order valence-electron chi connectivity index (χ0n) is 16.2. The molecule has 154 valence electrons. The van der Waals surface area contributed by atoms with E-state index in [1.165, 1.54) is 6.07 Å². The molecule has 0 bridgehead atoms. The Labute approximate surface area is 181 Å². The Morgan fingerprint density at radius 2 is 1.96 bits per heavy atom. The highest BCUT2D eigenvalue weighted by Crippen LogP contribution is 2.20. The van der Waals surface area contributed by atoms with Gasteiger partial charge in [0.15, 0.2) is 5.96 Å². The molecule has 1 heterocycles. The first kappa shape index (κ1) is 23.9. The lowest BCUT2D eigenvalue weighted by Crippen LogP contribution is -2.36. The number of benzene rings is 1. The van der Waals surface area contributed by atoms with Crippen LogP contribution in [0.3, 0.4) is 0 Å². The summed E-state index contributed by atoms with van der Waals surface area (Å²) in [5.74, 6) is 1.60. The van der Waals surface area contributed by atoms with Gasteiger partial charge in [-0.2, -0.15) is 8.78 Å². The molecule has 0 amide bonds. The topological polar surface area (TPSA) is 61.8 Å². The van der Waals surface area contributed by atoms with Crippen molar-refractivity contribution in [2.24, 2.45) is 4.99 Å². The molecule has 2 rings (SSSR count). The molecule has 2 aromatic rings. The molecular formula is C19H26F2IN5O. The number of anilines is 1. The van der Waals surface area contributed by atoms with E-state index in [-0.39, 0.29) is 29.7 Å². The summed E-state index contributed by atoms with van der Waals surface area (Å²) in [6, 6.07) is 10.6. The quantitative estimate of drug-likeness (QED) is 0.326. The van der Waals surface area contributed by atoms with E-state index >= 15 is 0 Å². The van der Waals surface area contributed by atoms with Crippen molar-refractivity contribution in [1.29, 1.82) is 0 Å². The SMILES string of the molecule is CCNC(=NCc1ccnc(N(C)C)c1)NCc1ccccc1OC(F)F.I. The van der Waals surface area contributed by atoms with Crippen LogP contribution in [-0.4, -0.2) is 38.2 Å². The van der Waals surface area contributed by atoms with Gasteiger partial charge in [0.05, 0.1) is 6.54 Å². The van der Waals surface area contributed by atoms with Crippen LogP contribution >= 0.6 is 24.0 Å². The van der Waals surface area contributed by atoms with Crippen LogP contribution in [0.2, 0.25) is 0 Å². The lowest BCUT2D eigenvalue weighted by atomic mass is 10.2. The van der Waals surface area contributed by atoms with Gasteiger partial charge in [-0.1, -0.05) is 18.2 Å².